The number of hydrogen-bond acceptors (Lipinski definition) is 7. The zero-order chi connectivity index (χ0) is 25.0. The zero-order valence-corrected chi connectivity index (χ0v) is 21.8. The van der Waals surface area contributed by atoms with Crippen LogP contribution in [-0.2, 0) is 9.53 Å². The van der Waals surface area contributed by atoms with Gasteiger partial charge in [-0.15, -0.1) is 0 Å². The second-order valence-corrected chi connectivity index (χ2v) is 9.51. The number of anilines is 1. The summed E-state index contributed by atoms with van der Waals surface area (Å²) < 4.78 is 13.0. The Hall–Kier alpha value is -3.20. The van der Waals surface area contributed by atoms with Gasteiger partial charge < -0.3 is 14.4 Å². The molecule has 3 rings (SSSR count). The van der Waals surface area contributed by atoms with E-state index in [9.17, 15) is 9.59 Å². The first kappa shape index (κ1) is 25.4. The standard InChI is InChI=1S/C25H29BrN4O4/c1-15(2)24-28-21-10-8-18(26)11-20(21)25(32)30(24)27-13-17-7-9-19(29(5)6)12-22(17)33-14-23(31)34-16(3)4/h7-13,15-16H,14H2,1-6H3. The van der Waals surface area contributed by atoms with Crippen molar-refractivity contribution in [1.29, 1.82) is 0 Å². The summed E-state index contributed by atoms with van der Waals surface area (Å²) in [5, 5.41) is 4.94. The van der Waals surface area contributed by atoms with Gasteiger partial charge in [-0.25, -0.2) is 9.78 Å². The molecule has 0 aliphatic rings. The molecule has 2 aromatic carbocycles. The van der Waals surface area contributed by atoms with E-state index in [-0.39, 0.29) is 24.2 Å². The third-order valence-electron chi connectivity index (χ3n) is 4.89. The van der Waals surface area contributed by atoms with Gasteiger partial charge in [-0.2, -0.15) is 9.78 Å². The summed E-state index contributed by atoms with van der Waals surface area (Å²) in [6, 6.07) is 10.9. The second-order valence-electron chi connectivity index (χ2n) is 8.59. The molecule has 0 amide bonds. The molecule has 0 bridgehead atoms. The Morgan fingerprint density at radius 1 is 1.18 bits per heavy atom. The Kier molecular flexibility index (Phi) is 8.09. The molecular formula is C25H29BrN4O4. The van der Waals surface area contributed by atoms with Gasteiger partial charge in [0.2, 0.25) is 0 Å². The summed E-state index contributed by atoms with van der Waals surface area (Å²) in [7, 11) is 3.82. The molecule has 0 saturated heterocycles. The van der Waals surface area contributed by atoms with E-state index in [1.807, 2.05) is 63.2 Å². The van der Waals surface area contributed by atoms with E-state index in [2.05, 4.69) is 26.0 Å². The van der Waals surface area contributed by atoms with Crippen molar-refractivity contribution in [3.8, 4) is 5.75 Å². The van der Waals surface area contributed by atoms with Gasteiger partial charge in [0.15, 0.2) is 6.61 Å². The van der Waals surface area contributed by atoms with Crippen molar-refractivity contribution in [1.82, 2.24) is 9.66 Å². The van der Waals surface area contributed by atoms with Crippen LogP contribution in [0.4, 0.5) is 5.69 Å². The predicted octanol–water partition coefficient (Wildman–Crippen LogP) is 4.56. The number of ether oxygens (including phenoxy) is 2. The van der Waals surface area contributed by atoms with Crippen LogP contribution < -0.4 is 15.2 Å². The van der Waals surface area contributed by atoms with Crippen LogP contribution in [0.15, 0.2) is 50.8 Å². The number of hydrogen-bond donors (Lipinski definition) is 0. The Bertz CT molecular complexity index is 1280. The van der Waals surface area contributed by atoms with Crippen LogP contribution in [0.2, 0.25) is 0 Å². The molecule has 8 nitrogen and oxygen atoms in total. The molecular weight excluding hydrogens is 500 g/mol. The molecule has 0 radical (unpaired) electrons. The van der Waals surface area contributed by atoms with Gasteiger partial charge in [0.25, 0.3) is 5.56 Å². The summed E-state index contributed by atoms with van der Waals surface area (Å²) in [6.07, 6.45) is 1.31. The highest BCUT2D eigenvalue weighted by molar-refractivity contribution is 9.10. The summed E-state index contributed by atoms with van der Waals surface area (Å²) in [4.78, 5) is 31.9. The van der Waals surface area contributed by atoms with Crippen LogP contribution in [0, 0.1) is 0 Å². The number of aromatic nitrogens is 2. The smallest absolute Gasteiger partial charge is 0.344 e. The van der Waals surface area contributed by atoms with E-state index >= 15 is 0 Å². The molecule has 180 valence electrons. The molecule has 9 heteroatoms. The largest absolute Gasteiger partial charge is 0.481 e. The van der Waals surface area contributed by atoms with Crippen LogP contribution in [-0.4, -0.2) is 48.7 Å². The number of rotatable bonds is 8. The molecule has 3 aromatic rings. The van der Waals surface area contributed by atoms with Gasteiger partial charge in [-0.1, -0.05) is 29.8 Å². The molecule has 0 aliphatic heterocycles. The number of benzene rings is 2. The number of nitrogens with zero attached hydrogens (tertiary/aromatic N) is 4. The number of esters is 1. The zero-order valence-electron chi connectivity index (χ0n) is 20.2. The van der Waals surface area contributed by atoms with Crippen molar-refractivity contribution in [2.24, 2.45) is 5.10 Å². The SMILES string of the molecule is CC(C)OC(=O)COc1cc(N(C)C)ccc1C=Nn1c(C(C)C)nc2ccc(Br)cc2c1=O. The van der Waals surface area contributed by atoms with Gasteiger partial charge in [-0.05, 0) is 44.2 Å². The highest BCUT2D eigenvalue weighted by Gasteiger charge is 2.15. The highest BCUT2D eigenvalue weighted by atomic mass is 79.9. The highest BCUT2D eigenvalue weighted by Crippen LogP contribution is 2.24. The molecule has 0 aliphatic carbocycles. The number of carbonyl (C=O) groups excluding carboxylic acids is 1. The van der Waals surface area contributed by atoms with E-state index in [1.54, 1.807) is 26.1 Å². The van der Waals surface area contributed by atoms with Gasteiger partial charge >= 0.3 is 5.97 Å². The maximum Gasteiger partial charge on any atom is 0.344 e. The molecule has 0 saturated carbocycles. The molecule has 1 heterocycles. The molecule has 0 atom stereocenters. The summed E-state index contributed by atoms with van der Waals surface area (Å²) in [6.45, 7) is 7.24. The maximum absolute atomic E-state index is 13.3. The van der Waals surface area contributed by atoms with E-state index in [0.29, 0.717) is 28.0 Å². The lowest BCUT2D eigenvalue weighted by Gasteiger charge is -2.16. The summed E-state index contributed by atoms with van der Waals surface area (Å²) in [5.74, 6) is 0.501. The Labute approximate surface area is 207 Å². The average Bonchev–Trinajstić information content (AvgIpc) is 2.76. The van der Waals surface area contributed by atoms with Crippen LogP contribution in [0.5, 0.6) is 5.75 Å². The third kappa shape index (κ3) is 6.02. The fourth-order valence-electron chi connectivity index (χ4n) is 3.24. The van der Waals surface area contributed by atoms with Crippen molar-refractivity contribution in [2.45, 2.75) is 39.7 Å². The van der Waals surface area contributed by atoms with Gasteiger partial charge in [0.1, 0.15) is 11.6 Å². The fraction of sp³-hybridized carbons (Fsp3) is 0.360. The van der Waals surface area contributed by atoms with Crippen LogP contribution in [0.3, 0.4) is 0 Å². The molecule has 0 fully saturated rings. The van der Waals surface area contributed by atoms with Crippen molar-refractivity contribution in [3.63, 3.8) is 0 Å². The minimum atomic E-state index is -0.462. The van der Waals surface area contributed by atoms with E-state index < -0.39 is 5.97 Å². The fourth-order valence-corrected chi connectivity index (χ4v) is 3.60. The molecule has 0 N–H and O–H groups in total. The van der Waals surface area contributed by atoms with E-state index in [4.69, 9.17) is 9.47 Å². The van der Waals surface area contributed by atoms with Crippen LogP contribution in [0.1, 0.15) is 45.0 Å². The Morgan fingerprint density at radius 2 is 1.91 bits per heavy atom. The lowest BCUT2D eigenvalue weighted by molar-refractivity contribution is -0.149. The lowest BCUT2D eigenvalue weighted by Crippen LogP contribution is -2.23. The molecule has 0 unspecified atom stereocenters. The monoisotopic (exact) mass is 528 g/mol. The Balaban J connectivity index is 2.04. The van der Waals surface area contributed by atoms with Crippen molar-refractivity contribution in [3.05, 3.63) is 62.6 Å². The first-order chi connectivity index (χ1) is 16.1. The van der Waals surface area contributed by atoms with E-state index in [0.717, 1.165) is 10.2 Å². The first-order valence-electron chi connectivity index (χ1n) is 11.0. The summed E-state index contributed by atoms with van der Waals surface area (Å²) in [5.41, 5.74) is 1.85. The number of halogens is 1. The lowest BCUT2D eigenvalue weighted by atomic mass is 10.2. The van der Waals surface area contributed by atoms with Gasteiger partial charge in [0.05, 0.1) is 23.2 Å². The van der Waals surface area contributed by atoms with Crippen molar-refractivity contribution >= 4 is 44.7 Å². The predicted molar refractivity (Wildman–Crippen MR) is 138 cm³/mol. The quantitative estimate of drug-likeness (QED) is 0.314. The van der Waals surface area contributed by atoms with Gasteiger partial charge in [0, 0.05) is 41.8 Å². The van der Waals surface area contributed by atoms with Crippen molar-refractivity contribution < 1.29 is 14.3 Å². The van der Waals surface area contributed by atoms with Crippen molar-refractivity contribution in [2.75, 3.05) is 25.6 Å². The minimum absolute atomic E-state index is 0.0319. The normalized spacial score (nSPS) is 11.6. The second kappa shape index (κ2) is 10.8. The third-order valence-corrected chi connectivity index (χ3v) is 5.38. The van der Waals surface area contributed by atoms with Gasteiger partial charge in [-0.3, -0.25) is 4.79 Å². The topological polar surface area (TPSA) is 86.0 Å². The maximum atomic E-state index is 13.3. The molecule has 0 spiro atoms. The minimum Gasteiger partial charge on any atom is -0.481 e. The number of fused-ring (bicyclic) bond motifs is 1. The molecule has 34 heavy (non-hydrogen) atoms. The summed E-state index contributed by atoms with van der Waals surface area (Å²) >= 11 is 3.41. The van der Waals surface area contributed by atoms with Crippen LogP contribution >= 0.6 is 15.9 Å². The van der Waals surface area contributed by atoms with E-state index in [1.165, 1.54) is 4.68 Å². The molecule has 1 aromatic heterocycles. The van der Waals surface area contributed by atoms with Crippen LogP contribution in [0.25, 0.3) is 10.9 Å². The Morgan fingerprint density at radius 3 is 2.56 bits per heavy atom. The first-order valence-corrected chi connectivity index (χ1v) is 11.8. The number of carbonyl (C=O) groups is 1. The average molecular weight is 529 g/mol.